The Labute approximate surface area is 70.0 Å². The average molecular weight is 153 g/mol. The summed E-state index contributed by atoms with van der Waals surface area (Å²) >= 11 is 0. The molecule has 0 amide bonds. The molecular weight excluding hydrogens is 134 g/mol. The Hall–Kier alpha value is -0.560. The quantitative estimate of drug-likeness (QED) is 0.477. The first kappa shape index (κ1) is 10.4. The summed E-state index contributed by atoms with van der Waals surface area (Å²) < 4.78 is 0. The van der Waals surface area contributed by atoms with E-state index in [9.17, 15) is 0 Å². The van der Waals surface area contributed by atoms with Gasteiger partial charge >= 0.3 is 0 Å². The van der Waals surface area contributed by atoms with Crippen LogP contribution >= 0.6 is 0 Å². The van der Waals surface area contributed by atoms with Crippen LogP contribution in [0.4, 0.5) is 0 Å². The predicted molar refractivity (Wildman–Crippen MR) is 51.5 cm³/mol. The Balaban J connectivity index is 3.33. The number of allylic oxidation sites excluding steroid dienone is 3. The highest BCUT2D eigenvalue weighted by Gasteiger charge is 1.81. The van der Waals surface area contributed by atoms with Gasteiger partial charge in [-0.05, 0) is 26.2 Å². The monoisotopic (exact) mass is 153 g/mol. The normalized spacial score (nSPS) is 12.8. The smallest absolute Gasteiger partial charge is 0.0134 e. The first-order valence-corrected chi connectivity index (χ1v) is 4.32. The predicted octanol–water partition coefficient (Wildman–Crippen LogP) is 2.64. The molecular formula is C10H19N. The van der Waals surface area contributed by atoms with Crippen LogP contribution in [0.15, 0.2) is 23.8 Å². The van der Waals surface area contributed by atoms with Gasteiger partial charge in [-0.15, -0.1) is 0 Å². The lowest BCUT2D eigenvalue weighted by atomic mass is 10.2. The largest absolute Gasteiger partial charge is 0.327 e. The van der Waals surface area contributed by atoms with Gasteiger partial charge in [0.05, 0.1) is 0 Å². The average Bonchev–Trinajstić information content (AvgIpc) is 2.04. The molecule has 1 nitrogen and oxygen atoms in total. The molecule has 0 bridgehead atoms. The second-order valence-corrected chi connectivity index (χ2v) is 2.71. The minimum atomic E-state index is 0.692. The van der Waals surface area contributed by atoms with Gasteiger partial charge in [-0.3, -0.25) is 0 Å². The van der Waals surface area contributed by atoms with Crippen molar-refractivity contribution >= 4 is 0 Å². The molecule has 1 heteroatoms. The van der Waals surface area contributed by atoms with E-state index in [4.69, 9.17) is 5.73 Å². The fourth-order valence-electron chi connectivity index (χ4n) is 0.794. The lowest BCUT2D eigenvalue weighted by Gasteiger charge is -1.92. The van der Waals surface area contributed by atoms with Gasteiger partial charge in [-0.25, -0.2) is 0 Å². The van der Waals surface area contributed by atoms with Crippen LogP contribution < -0.4 is 5.73 Å². The Bertz CT molecular complexity index is 134. The molecule has 0 aromatic heterocycles. The highest BCUT2D eigenvalue weighted by Crippen LogP contribution is 1.97. The number of hydrogen-bond donors (Lipinski definition) is 1. The SMILES string of the molecule is CC/C=C/CC/C=C(\C)CN. The first-order chi connectivity index (χ1) is 5.31. The van der Waals surface area contributed by atoms with Gasteiger partial charge in [-0.1, -0.05) is 30.7 Å². The molecule has 11 heavy (non-hydrogen) atoms. The lowest BCUT2D eigenvalue weighted by Crippen LogP contribution is -1.99. The maximum absolute atomic E-state index is 5.43. The van der Waals surface area contributed by atoms with Gasteiger partial charge in [-0.2, -0.15) is 0 Å². The van der Waals surface area contributed by atoms with E-state index in [1.54, 1.807) is 0 Å². The molecule has 64 valence electrons. The van der Waals surface area contributed by atoms with Crippen molar-refractivity contribution in [2.24, 2.45) is 5.73 Å². The zero-order chi connectivity index (χ0) is 8.53. The summed E-state index contributed by atoms with van der Waals surface area (Å²) in [7, 11) is 0. The molecule has 0 spiro atoms. The van der Waals surface area contributed by atoms with Crippen molar-refractivity contribution in [3.63, 3.8) is 0 Å². The van der Waals surface area contributed by atoms with E-state index in [0.717, 1.165) is 19.3 Å². The molecule has 0 atom stereocenters. The van der Waals surface area contributed by atoms with Crippen LogP contribution in [-0.4, -0.2) is 6.54 Å². The molecule has 0 aromatic rings. The van der Waals surface area contributed by atoms with E-state index in [-0.39, 0.29) is 0 Å². The van der Waals surface area contributed by atoms with E-state index < -0.39 is 0 Å². The third kappa shape index (κ3) is 7.34. The fourth-order valence-corrected chi connectivity index (χ4v) is 0.794. The van der Waals surface area contributed by atoms with Crippen molar-refractivity contribution in [2.45, 2.75) is 33.1 Å². The molecule has 2 N–H and O–H groups in total. The van der Waals surface area contributed by atoms with Crippen LogP contribution in [0.3, 0.4) is 0 Å². The third-order valence-electron chi connectivity index (χ3n) is 1.55. The van der Waals surface area contributed by atoms with Crippen LogP contribution in [0.2, 0.25) is 0 Å². The van der Waals surface area contributed by atoms with Crippen LogP contribution in [0, 0.1) is 0 Å². The van der Waals surface area contributed by atoms with E-state index in [2.05, 4.69) is 32.1 Å². The minimum Gasteiger partial charge on any atom is -0.327 e. The lowest BCUT2D eigenvalue weighted by molar-refractivity contribution is 1.00. The molecule has 0 radical (unpaired) electrons. The van der Waals surface area contributed by atoms with Crippen molar-refractivity contribution in [3.8, 4) is 0 Å². The van der Waals surface area contributed by atoms with Gasteiger partial charge in [0.2, 0.25) is 0 Å². The van der Waals surface area contributed by atoms with E-state index in [1.807, 2.05) is 0 Å². The highest BCUT2D eigenvalue weighted by molar-refractivity contribution is 5.00. The zero-order valence-corrected chi connectivity index (χ0v) is 7.64. The molecule has 0 unspecified atom stereocenters. The summed E-state index contributed by atoms with van der Waals surface area (Å²) in [6, 6.07) is 0. The summed E-state index contributed by atoms with van der Waals surface area (Å²) in [5.41, 5.74) is 6.71. The summed E-state index contributed by atoms with van der Waals surface area (Å²) in [5.74, 6) is 0. The van der Waals surface area contributed by atoms with Crippen LogP contribution in [0.25, 0.3) is 0 Å². The number of unbranched alkanes of at least 4 members (excludes halogenated alkanes) is 1. The van der Waals surface area contributed by atoms with Crippen molar-refractivity contribution in [1.82, 2.24) is 0 Å². The number of rotatable bonds is 5. The minimum absolute atomic E-state index is 0.692. The number of nitrogens with two attached hydrogens (primary N) is 1. The van der Waals surface area contributed by atoms with E-state index in [0.29, 0.717) is 6.54 Å². The standard InChI is InChI=1S/C10H19N/c1-3-4-5-6-7-8-10(2)9-11/h4-5,8H,3,6-7,9,11H2,1-2H3/b5-4+,10-8+. The zero-order valence-electron chi connectivity index (χ0n) is 7.64. The molecule has 0 saturated carbocycles. The van der Waals surface area contributed by atoms with E-state index >= 15 is 0 Å². The summed E-state index contributed by atoms with van der Waals surface area (Å²) in [4.78, 5) is 0. The van der Waals surface area contributed by atoms with Crippen molar-refractivity contribution in [2.75, 3.05) is 6.54 Å². The maximum Gasteiger partial charge on any atom is 0.0134 e. The van der Waals surface area contributed by atoms with Crippen molar-refractivity contribution < 1.29 is 0 Å². The maximum atomic E-state index is 5.43. The molecule has 0 aliphatic rings. The van der Waals surface area contributed by atoms with Gasteiger partial charge in [0.25, 0.3) is 0 Å². The van der Waals surface area contributed by atoms with Crippen molar-refractivity contribution in [1.29, 1.82) is 0 Å². The van der Waals surface area contributed by atoms with Gasteiger partial charge in [0.15, 0.2) is 0 Å². The molecule has 0 heterocycles. The second kappa shape index (κ2) is 7.55. The third-order valence-corrected chi connectivity index (χ3v) is 1.55. The summed E-state index contributed by atoms with van der Waals surface area (Å²) in [5, 5.41) is 0. The molecule has 0 aliphatic carbocycles. The van der Waals surface area contributed by atoms with Crippen LogP contribution in [-0.2, 0) is 0 Å². The van der Waals surface area contributed by atoms with Crippen molar-refractivity contribution in [3.05, 3.63) is 23.8 Å². The van der Waals surface area contributed by atoms with E-state index in [1.165, 1.54) is 5.57 Å². The van der Waals surface area contributed by atoms with Gasteiger partial charge < -0.3 is 5.73 Å². The van der Waals surface area contributed by atoms with Gasteiger partial charge in [0.1, 0.15) is 0 Å². The fraction of sp³-hybridized carbons (Fsp3) is 0.600. The molecule has 0 saturated heterocycles. The highest BCUT2D eigenvalue weighted by atomic mass is 14.5. The van der Waals surface area contributed by atoms with Crippen LogP contribution in [0.5, 0.6) is 0 Å². The topological polar surface area (TPSA) is 26.0 Å². The van der Waals surface area contributed by atoms with Gasteiger partial charge in [0, 0.05) is 6.54 Å². The Morgan fingerprint density at radius 1 is 1.27 bits per heavy atom. The molecule has 0 fully saturated rings. The second-order valence-electron chi connectivity index (χ2n) is 2.71. The molecule has 0 aliphatic heterocycles. The first-order valence-electron chi connectivity index (χ1n) is 4.32. The Morgan fingerprint density at radius 3 is 2.55 bits per heavy atom. The number of hydrogen-bond acceptors (Lipinski definition) is 1. The summed E-state index contributed by atoms with van der Waals surface area (Å²) in [6.45, 7) is 4.92. The molecule has 0 rings (SSSR count). The Kier molecular flexibility index (Phi) is 7.16. The van der Waals surface area contributed by atoms with Crippen LogP contribution in [0.1, 0.15) is 33.1 Å². The summed E-state index contributed by atoms with van der Waals surface area (Å²) in [6.07, 6.45) is 10.0. The molecule has 0 aromatic carbocycles. The Morgan fingerprint density at radius 2 is 2.00 bits per heavy atom.